The molecule has 5 nitrogen and oxygen atoms in total. The van der Waals surface area contributed by atoms with Gasteiger partial charge in [-0.15, -0.1) is 0 Å². The van der Waals surface area contributed by atoms with Crippen molar-refractivity contribution in [3.05, 3.63) is 52.3 Å². The van der Waals surface area contributed by atoms with Gasteiger partial charge >= 0.3 is 0 Å². The molecule has 24 heavy (non-hydrogen) atoms. The lowest BCUT2D eigenvalue weighted by molar-refractivity contribution is 0.548. The summed E-state index contributed by atoms with van der Waals surface area (Å²) in [5.74, 6) is -3.47. The number of anilines is 1. The first-order valence-electron chi connectivity index (χ1n) is 6.09. The molecular weight excluding hydrogens is 435 g/mol. The molecule has 11 heteroatoms. The summed E-state index contributed by atoms with van der Waals surface area (Å²) in [5.41, 5.74) is -0.687. The molecule has 0 saturated carbocycles. The second-order valence-electron chi connectivity index (χ2n) is 4.72. The van der Waals surface area contributed by atoms with Gasteiger partial charge < -0.3 is 0 Å². The topological polar surface area (TPSA) is 80.3 Å². The lowest BCUT2D eigenvalue weighted by Crippen LogP contribution is -2.17. The van der Waals surface area contributed by atoms with Crippen molar-refractivity contribution in [2.45, 2.75) is 9.79 Å². The number of sulfonamides is 1. The molecular formula is C13H9BrF3NO4S2. The molecule has 0 fully saturated rings. The Kier molecular flexibility index (Phi) is 4.98. The number of hydrogen-bond donors (Lipinski definition) is 1. The van der Waals surface area contributed by atoms with Gasteiger partial charge in [0.2, 0.25) is 0 Å². The van der Waals surface area contributed by atoms with Gasteiger partial charge in [-0.05, 0) is 40.2 Å². The van der Waals surface area contributed by atoms with E-state index in [1.807, 2.05) is 0 Å². The normalized spacial score (nSPS) is 12.2. The van der Waals surface area contributed by atoms with Crippen LogP contribution in [-0.4, -0.2) is 23.1 Å². The van der Waals surface area contributed by atoms with E-state index in [0.29, 0.717) is 6.07 Å². The van der Waals surface area contributed by atoms with E-state index < -0.39 is 52.4 Å². The molecule has 0 bridgehead atoms. The molecule has 0 saturated heterocycles. The smallest absolute Gasteiger partial charge is 0.266 e. The van der Waals surface area contributed by atoms with Crippen molar-refractivity contribution in [2.24, 2.45) is 0 Å². The maximum absolute atomic E-state index is 13.8. The molecule has 0 aliphatic carbocycles. The molecule has 0 aromatic heterocycles. The molecule has 2 rings (SSSR count). The first-order valence-corrected chi connectivity index (χ1v) is 10.3. The van der Waals surface area contributed by atoms with Gasteiger partial charge in [-0.3, -0.25) is 4.72 Å². The zero-order valence-electron chi connectivity index (χ0n) is 11.8. The van der Waals surface area contributed by atoms with Gasteiger partial charge in [-0.2, -0.15) is 0 Å². The summed E-state index contributed by atoms with van der Waals surface area (Å²) < 4.78 is 89.4. The van der Waals surface area contributed by atoms with Crippen LogP contribution in [-0.2, 0) is 19.9 Å². The predicted octanol–water partition coefficient (Wildman–Crippen LogP) is 3.07. The molecule has 0 aliphatic rings. The van der Waals surface area contributed by atoms with Crippen molar-refractivity contribution < 1.29 is 30.0 Å². The second kappa shape index (κ2) is 6.37. The molecule has 2 aromatic carbocycles. The molecule has 0 aliphatic heterocycles. The van der Waals surface area contributed by atoms with Crippen molar-refractivity contribution in [3.8, 4) is 0 Å². The Morgan fingerprint density at radius 2 is 1.58 bits per heavy atom. The Labute approximate surface area is 144 Å². The third-order valence-electron chi connectivity index (χ3n) is 2.84. The first-order chi connectivity index (χ1) is 10.9. The lowest BCUT2D eigenvalue weighted by Gasteiger charge is -2.12. The summed E-state index contributed by atoms with van der Waals surface area (Å²) in [6.45, 7) is 0. The molecule has 0 unspecified atom stereocenters. The summed E-state index contributed by atoms with van der Waals surface area (Å²) >= 11 is 2.72. The second-order valence-corrected chi connectivity index (χ2v) is 9.21. The number of benzene rings is 2. The zero-order valence-corrected chi connectivity index (χ0v) is 15.1. The van der Waals surface area contributed by atoms with Gasteiger partial charge in [0, 0.05) is 16.8 Å². The molecule has 0 heterocycles. The largest absolute Gasteiger partial charge is 0.276 e. The number of halogens is 4. The number of rotatable bonds is 4. The quantitative estimate of drug-likeness (QED) is 0.736. The molecule has 0 atom stereocenters. The lowest BCUT2D eigenvalue weighted by atomic mass is 10.3. The predicted molar refractivity (Wildman–Crippen MR) is 84.4 cm³/mol. The molecule has 0 radical (unpaired) electrons. The standard InChI is InChI=1S/C13H9BrF3NO4S2/c1-23(19,20)8-2-3-10(16)12(6-8)18-24(21,22)13-9(14)4-7(15)5-11(13)17/h2-6,18H,1H3. The fraction of sp³-hybridized carbons (Fsp3) is 0.0769. The fourth-order valence-corrected chi connectivity index (χ4v) is 4.67. The monoisotopic (exact) mass is 443 g/mol. The summed E-state index contributed by atoms with van der Waals surface area (Å²) in [7, 11) is -8.37. The van der Waals surface area contributed by atoms with Crippen LogP contribution in [0.5, 0.6) is 0 Å². The third-order valence-corrected chi connectivity index (χ3v) is 6.28. The van der Waals surface area contributed by atoms with Gasteiger partial charge in [-0.1, -0.05) is 0 Å². The van der Waals surface area contributed by atoms with Crippen LogP contribution in [0.15, 0.2) is 44.6 Å². The highest BCUT2D eigenvalue weighted by Gasteiger charge is 2.25. The van der Waals surface area contributed by atoms with E-state index in [1.54, 1.807) is 4.72 Å². The fourth-order valence-electron chi connectivity index (χ4n) is 1.79. The summed E-state index contributed by atoms with van der Waals surface area (Å²) in [4.78, 5) is -1.27. The van der Waals surface area contributed by atoms with Crippen molar-refractivity contribution >= 4 is 41.5 Å². The van der Waals surface area contributed by atoms with Crippen LogP contribution in [0, 0.1) is 17.5 Å². The SMILES string of the molecule is CS(=O)(=O)c1ccc(F)c(NS(=O)(=O)c2c(F)cc(F)cc2Br)c1. The van der Waals surface area contributed by atoms with E-state index in [0.717, 1.165) is 30.5 Å². The number of sulfone groups is 1. The highest BCUT2D eigenvalue weighted by atomic mass is 79.9. The molecule has 0 spiro atoms. The van der Waals surface area contributed by atoms with Crippen LogP contribution in [0.25, 0.3) is 0 Å². The molecule has 130 valence electrons. The highest BCUT2D eigenvalue weighted by Crippen LogP contribution is 2.29. The van der Waals surface area contributed by atoms with Crippen molar-refractivity contribution in [1.82, 2.24) is 0 Å². The minimum absolute atomic E-state index is 0.333. The van der Waals surface area contributed by atoms with Crippen LogP contribution in [0.4, 0.5) is 18.9 Å². The average molecular weight is 444 g/mol. The summed E-state index contributed by atoms with van der Waals surface area (Å²) in [6.07, 6.45) is 0.856. The van der Waals surface area contributed by atoms with Gasteiger partial charge in [0.05, 0.1) is 10.6 Å². The number of nitrogens with one attached hydrogen (secondary N) is 1. The Morgan fingerprint density at radius 1 is 0.958 bits per heavy atom. The van der Waals surface area contributed by atoms with E-state index in [9.17, 15) is 30.0 Å². The maximum atomic E-state index is 13.8. The van der Waals surface area contributed by atoms with E-state index >= 15 is 0 Å². The van der Waals surface area contributed by atoms with Crippen molar-refractivity contribution in [3.63, 3.8) is 0 Å². The van der Waals surface area contributed by atoms with E-state index in [4.69, 9.17) is 0 Å². The van der Waals surface area contributed by atoms with Gasteiger partial charge in [-0.25, -0.2) is 30.0 Å². The minimum atomic E-state index is -4.65. The first kappa shape index (κ1) is 18.7. The van der Waals surface area contributed by atoms with Crippen LogP contribution < -0.4 is 4.72 Å². The Balaban J connectivity index is 2.55. The Morgan fingerprint density at radius 3 is 2.12 bits per heavy atom. The van der Waals surface area contributed by atoms with Crippen LogP contribution in [0.3, 0.4) is 0 Å². The van der Waals surface area contributed by atoms with E-state index in [1.165, 1.54) is 0 Å². The number of hydrogen-bond acceptors (Lipinski definition) is 4. The van der Waals surface area contributed by atoms with E-state index in [2.05, 4.69) is 15.9 Å². The van der Waals surface area contributed by atoms with Gasteiger partial charge in [0.15, 0.2) is 9.84 Å². The zero-order chi connectivity index (χ0) is 18.3. The minimum Gasteiger partial charge on any atom is -0.276 e. The van der Waals surface area contributed by atoms with Crippen molar-refractivity contribution in [1.29, 1.82) is 0 Å². The van der Waals surface area contributed by atoms with Gasteiger partial charge in [0.1, 0.15) is 22.3 Å². The Hall–Kier alpha value is -1.59. The van der Waals surface area contributed by atoms with E-state index in [-0.39, 0.29) is 4.90 Å². The third kappa shape index (κ3) is 3.90. The summed E-state index contributed by atoms with van der Waals surface area (Å²) in [6, 6.07) is 3.54. The summed E-state index contributed by atoms with van der Waals surface area (Å²) in [5, 5.41) is 0. The average Bonchev–Trinajstić information content (AvgIpc) is 2.37. The van der Waals surface area contributed by atoms with Crippen LogP contribution in [0.2, 0.25) is 0 Å². The van der Waals surface area contributed by atoms with Crippen molar-refractivity contribution in [2.75, 3.05) is 11.0 Å². The molecule has 0 amide bonds. The molecule has 2 aromatic rings. The van der Waals surface area contributed by atoms with Crippen LogP contribution in [0.1, 0.15) is 0 Å². The maximum Gasteiger partial charge on any atom is 0.266 e. The highest BCUT2D eigenvalue weighted by molar-refractivity contribution is 9.10. The molecule has 1 N–H and O–H groups in total. The Bertz CT molecular complexity index is 1000. The van der Waals surface area contributed by atoms with Crippen LogP contribution >= 0.6 is 15.9 Å². The van der Waals surface area contributed by atoms with Gasteiger partial charge in [0.25, 0.3) is 10.0 Å².